The highest BCUT2D eigenvalue weighted by Crippen LogP contribution is 2.22. The monoisotopic (exact) mass is 317 g/mol. The second kappa shape index (κ2) is 5.57. The number of rotatable bonds is 4. The van der Waals surface area contributed by atoms with Gasteiger partial charge in [0.1, 0.15) is 0 Å². The summed E-state index contributed by atoms with van der Waals surface area (Å²) in [6.45, 7) is 2.82. The van der Waals surface area contributed by atoms with Crippen LogP contribution in [0.25, 0.3) is 0 Å². The Hall–Kier alpha value is -0.730. The first kappa shape index (κ1) is 14.2. The van der Waals surface area contributed by atoms with Gasteiger partial charge in [-0.3, -0.25) is 4.90 Å². The summed E-state index contributed by atoms with van der Waals surface area (Å²) in [6, 6.07) is 0. The van der Waals surface area contributed by atoms with Crippen molar-refractivity contribution in [3.05, 3.63) is 10.7 Å². The third-order valence-corrected chi connectivity index (χ3v) is 6.10. The molecule has 0 radical (unpaired) electrons. The Bertz CT molecular complexity index is 629. The molecule has 2 saturated heterocycles. The zero-order valence-corrected chi connectivity index (χ0v) is 13.0. The fourth-order valence-electron chi connectivity index (χ4n) is 2.91. The number of hydrogen-bond donors (Lipinski definition) is 0. The van der Waals surface area contributed by atoms with Crippen molar-refractivity contribution in [1.29, 1.82) is 0 Å². The first-order valence-electron chi connectivity index (χ1n) is 7.01. The van der Waals surface area contributed by atoms with Gasteiger partial charge in [0.25, 0.3) is 4.84 Å². The second-order valence-corrected chi connectivity index (χ2v) is 8.28. The van der Waals surface area contributed by atoms with Crippen molar-refractivity contribution in [3.8, 4) is 0 Å². The van der Waals surface area contributed by atoms with E-state index < -0.39 is 9.84 Å². The summed E-state index contributed by atoms with van der Waals surface area (Å²) in [5.74, 6) is 1.21. The molecule has 2 aliphatic heterocycles. The van der Waals surface area contributed by atoms with Crippen LogP contribution in [0.15, 0.2) is 4.42 Å². The number of nitrogens with zero attached hydrogens (tertiary/aromatic N) is 3. The summed E-state index contributed by atoms with van der Waals surface area (Å²) >= 11 is 5.18. The third kappa shape index (κ3) is 3.29. The number of likely N-dealkylation sites (tertiary alicyclic amines) is 1. The maximum absolute atomic E-state index is 11.4. The van der Waals surface area contributed by atoms with Crippen LogP contribution in [0.4, 0.5) is 0 Å². The smallest absolute Gasteiger partial charge is 0.288 e. The molecule has 1 atom stereocenters. The molecule has 0 bridgehead atoms. The summed E-state index contributed by atoms with van der Waals surface area (Å²) in [5, 5.41) is 4.39. The molecule has 20 heavy (non-hydrogen) atoms. The predicted molar refractivity (Wildman–Crippen MR) is 76.6 cm³/mol. The van der Waals surface area contributed by atoms with E-state index in [2.05, 4.69) is 10.00 Å². The van der Waals surface area contributed by atoms with Crippen LogP contribution in [0.1, 0.15) is 25.2 Å². The molecule has 3 rings (SSSR count). The van der Waals surface area contributed by atoms with Gasteiger partial charge in [0.05, 0.1) is 18.2 Å². The Morgan fingerprint density at radius 3 is 2.75 bits per heavy atom. The molecule has 0 amide bonds. The Morgan fingerprint density at radius 2 is 2.10 bits per heavy atom. The molecular formula is C12H19N3O3S2. The molecular weight excluding hydrogens is 298 g/mol. The van der Waals surface area contributed by atoms with Crippen LogP contribution in [-0.2, 0) is 22.9 Å². The Balaban J connectivity index is 1.64. The molecule has 0 spiro atoms. The largest absolute Gasteiger partial charge is 0.414 e. The van der Waals surface area contributed by atoms with E-state index in [0.717, 1.165) is 13.1 Å². The van der Waals surface area contributed by atoms with Gasteiger partial charge in [0.15, 0.2) is 9.84 Å². The Morgan fingerprint density at radius 1 is 1.35 bits per heavy atom. The van der Waals surface area contributed by atoms with Crippen molar-refractivity contribution in [2.75, 3.05) is 24.6 Å². The molecule has 2 fully saturated rings. The van der Waals surface area contributed by atoms with Crippen molar-refractivity contribution in [2.24, 2.45) is 5.92 Å². The van der Waals surface area contributed by atoms with Crippen LogP contribution < -0.4 is 0 Å². The van der Waals surface area contributed by atoms with E-state index in [9.17, 15) is 8.42 Å². The normalized spacial score (nSPS) is 26.3. The molecule has 0 aliphatic carbocycles. The fourth-order valence-corrected chi connectivity index (χ4v) is 4.97. The van der Waals surface area contributed by atoms with Crippen LogP contribution in [0.3, 0.4) is 0 Å². The van der Waals surface area contributed by atoms with Gasteiger partial charge in [-0.2, -0.15) is 0 Å². The SMILES string of the molecule is O=S1(=O)CC[C@H](Cc2nn(CN3CCCC3)c(=S)o2)C1. The minimum absolute atomic E-state index is 0.119. The van der Waals surface area contributed by atoms with E-state index in [-0.39, 0.29) is 17.4 Å². The lowest BCUT2D eigenvalue weighted by Gasteiger charge is -2.12. The zero-order chi connectivity index (χ0) is 14.2. The second-order valence-electron chi connectivity index (χ2n) is 5.70. The van der Waals surface area contributed by atoms with Crippen LogP contribution in [0.5, 0.6) is 0 Å². The van der Waals surface area contributed by atoms with Crippen molar-refractivity contribution in [3.63, 3.8) is 0 Å². The fraction of sp³-hybridized carbons (Fsp3) is 0.833. The highest BCUT2D eigenvalue weighted by atomic mass is 32.2. The van der Waals surface area contributed by atoms with Gasteiger partial charge in [-0.05, 0) is 50.5 Å². The first-order valence-corrected chi connectivity index (χ1v) is 9.24. The molecule has 1 aromatic rings. The highest BCUT2D eigenvalue weighted by Gasteiger charge is 2.29. The Kier molecular flexibility index (Phi) is 3.96. The maximum Gasteiger partial charge on any atom is 0.288 e. The van der Waals surface area contributed by atoms with E-state index in [1.54, 1.807) is 4.68 Å². The van der Waals surface area contributed by atoms with Gasteiger partial charge in [0, 0.05) is 6.42 Å². The van der Waals surface area contributed by atoms with E-state index >= 15 is 0 Å². The minimum atomic E-state index is -2.85. The van der Waals surface area contributed by atoms with Crippen LogP contribution in [-0.4, -0.2) is 47.7 Å². The van der Waals surface area contributed by atoms with E-state index in [4.69, 9.17) is 16.6 Å². The molecule has 2 aliphatic rings. The molecule has 0 unspecified atom stereocenters. The quantitative estimate of drug-likeness (QED) is 0.778. The molecule has 1 aromatic heterocycles. The van der Waals surface area contributed by atoms with E-state index in [1.807, 2.05) is 0 Å². The van der Waals surface area contributed by atoms with Gasteiger partial charge in [-0.1, -0.05) is 0 Å². The third-order valence-electron chi connectivity index (χ3n) is 3.97. The van der Waals surface area contributed by atoms with Crippen LogP contribution >= 0.6 is 12.2 Å². The molecule has 8 heteroatoms. The lowest BCUT2D eigenvalue weighted by molar-refractivity contribution is 0.249. The standard InChI is InChI=1S/C12H19N3O3S2/c16-20(17)6-3-10(8-20)7-11-13-15(12(19)18-11)9-14-4-1-2-5-14/h10H,1-9H2/t10-/m1/s1. The molecule has 0 aromatic carbocycles. The number of hydrogen-bond acceptors (Lipinski definition) is 6. The van der Waals surface area contributed by atoms with Gasteiger partial charge in [0.2, 0.25) is 5.89 Å². The number of sulfone groups is 1. The average molecular weight is 317 g/mol. The predicted octanol–water partition coefficient (Wildman–Crippen LogP) is 1.24. The van der Waals surface area contributed by atoms with Crippen LogP contribution in [0.2, 0.25) is 0 Å². The summed E-state index contributed by atoms with van der Waals surface area (Å²) in [7, 11) is -2.85. The van der Waals surface area contributed by atoms with E-state index in [0.29, 0.717) is 30.2 Å². The van der Waals surface area contributed by atoms with Gasteiger partial charge < -0.3 is 4.42 Å². The summed E-state index contributed by atoms with van der Waals surface area (Å²) in [6.07, 6.45) is 3.70. The molecule has 112 valence electrons. The molecule has 0 saturated carbocycles. The highest BCUT2D eigenvalue weighted by molar-refractivity contribution is 7.91. The topological polar surface area (TPSA) is 68.3 Å². The van der Waals surface area contributed by atoms with Gasteiger partial charge >= 0.3 is 0 Å². The Labute approximate surface area is 123 Å². The van der Waals surface area contributed by atoms with Gasteiger partial charge in [-0.15, -0.1) is 5.10 Å². The average Bonchev–Trinajstić information content (AvgIpc) is 3.04. The molecule has 6 nitrogen and oxygen atoms in total. The maximum atomic E-state index is 11.4. The van der Waals surface area contributed by atoms with Crippen LogP contribution in [0, 0.1) is 10.8 Å². The van der Waals surface area contributed by atoms with Crippen molar-refractivity contribution in [2.45, 2.75) is 32.4 Å². The summed E-state index contributed by atoms with van der Waals surface area (Å²) in [5.41, 5.74) is 0. The summed E-state index contributed by atoms with van der Waals surface area (Å²) < 4.78 is 30.1. The molecule has 0 N–H and O–H groups in total. The van der Waals surface area contributed by atoms with Gasteiger partial charge in [-0.25, -0.2) is 13.1 Å². The van der Waals surface area contributed by atoms with E-state index in [1.165, 1.54) is 12.8 Å². The van der Waals surface area contributed by atoms with Crippen molar-refractivity contribution < 1.29 is 12.8 Å². The zero-order valence-electron chi connectivity index (χ0n) is 11.3. The number of aromatic nitrogens is 2. The lowest BCUT2D eigenvalue weighted by atomic mass is 10.1. The first-order chi connectivity index (χ1) is 9.52. The van der Waals surface area contributed by atoms with Crippen molar-refractivity contribution in [1.82, 2.24) is 14.7 Å². The molecule has 3 heterocycles. The van der Waals surface area contributed by atoms with Crippen molar-refractivity contribution >= 4 is 22.1 Å². The summed E-state index contributed by atoms with van der Waals surface area (Å²) in [4.78, 5) is 2.68. The minimum Gasteiger partial charge on any atom is -0.414 e. The lowest BCUT2D eigenvalue weighted by Crippen LogP contribution is -2.23.